The number of rotatable bonds is 4. The van der Waals surface area contributed by atoms with E-state index in [0.717, 1.165) is 11.1 Å². The van der Waals surface area contributed by atoms with E-state index in [2.05, 4.69) is 0 Å². The zero-order valence-electron chi connectivity index (χ0n) is 11.9. The molecule has 2 aromatic rings. The van der Waals surface area contributed by atoms with E-state index in [-0.39, 0.29) is 6.10 Å². The van der Waals surface area contributed by atoms with Gasteiger partial charge < -0.3 is 9.84 Å². The molecule has 0 aromatic heterocycles. The van der Waals surface area contributed by atoms with Crippen molar-refractivity contribution in [1.29, 1.82) is 0 Å². The van der Waals surface area contributed by atoms with Crippen molar-refractivity contribution < 1.29 is 9.84 Å². The van der Waals surface area contributed by atoms with Crippen LogP contribution in [0.2, 0.25) is 5.02 Å². The van der Waals surface area contributed by atoms with E-state index in [1.54, 1.807) is 0 Å². The maximum absolute atomic E-state index is 10.6. The van der Waals surface area contributed by atoms with Crippen LogP contribution in [0.5, 0.6) is 5.75 Å². The predicted octanol–water partition coefficient (Wildman–Crippen LogP) is 4.52. The fraction of sp³-hybridized carbons (Fsp3) is 0.294. The van der Waals surface area contributed by atoms with Crippen LogP contribution in [-0.4, -0.2) is 11.2 Å². The average molecular weight is 291 g/mol. The predicted molar refractivity (Wildman–Crippen MR) is 82.5 cm³/mol. The highest BCUT2D eigenvalue weighted by Crippen LogP contribution is 2.34. The van der Waals surface area contributed by atoms with Gasteiger partial charge in [0.05, 0.1) is 6.10 Å². The topological polar surface area (TPSA) is 29.5 Å². The number of aliphatic hydroxyl groups is 1. The highest BCUT2D eigenvalue weighted by molar-refractivity contribution is 6.32. The van der Waals surface area contributed by atoms with E-state index in [0.29, 0.717) is 16.3 Å². The third-order valence-corrected chi connectivity index (χ3v) is 3.61. The monoisotopic (exact) mass is 290 g/mol. The number of para-hydroxylation sites is 1. The molecular weight excluding hydrogens is 272 g/mol. The molecule has 0 aliphatic rings. The van der Waals surface area contributed by atoms with Crippen LogP contribution < -0.4 is 4.74 Å². The Balaban J connectivity index is 2.43. The molecule has 2 aromatic carbocycles. The second-order valence-electron chi connectivity index (χ2n) is 5.09. The molecule has 2 nitrogen and oxygen atoms in total. The maximum atomic E-state index is 10.6. The van der Waals surface area contributed by atoms with Gasteiger partial charge in [-0.3, -0.25) is 0 Å². The number of ether oxygens (including phenoxy) is 1. The Morgan fingerprint density at radius 2 is 1.65 bits per heavy atom. The molecule has 0 heterocycles. The molecule has 2 rings (SSSR count). The summed E-state index contributed by atoms with van der Waals surface area (Å²) in [6.45, 7) is 5.85. The largest absolute Gasteiger partial charge is 0.491 e. The Morgan fingerprint density at radius 1 is 1.00 bits per heavy atom. The molecule has 0 saturated heterocycles. The molecule has 1 atom stereocenters. The van der Waals surface area contributed by atoms with E-state index < -0.39 is 6.10 Å². The Labute approximate surface area is 125 Å². The van der Waals surface area contributed by atoms with Crippen LogP contribution in [-0.2, 0) is 0 Å². The molecule has 1 unspecified atom stereocenters. The standard InChI is InChI=1S/C17H19ClO2/c1-11(2)20-15-10-5-4-8-13(15)17(19)14-9-6-7-12(3)16(14)18/h4-11,17,19H,1-3H3. The fourth-order valence-corrected chi connectivity index (χ4v) is 2.35. The van der Waals surface area contributed by atoms with Crippen LogP contribution in [0.4, 0.5) is 0 Å². The Kier molecular flexibility index (Phi) is 4.69. The van der Waals surface area contributed by atoms with Gasteiger partial charge in [0.1, 0.15) is 11.9 Å². The molecule has 20 heavy (non-hydrogen) atoms. The van der Waals surface area contributed by atoms with Crippen LogP contribution >= 0.6 is 11.6 Å². The van der Waals surface area contributed by atoms with Crippen molar-refractivity contribution in [3.8, 4) is 5.75 Å². The van der Waals surface area contributed by atoms with E-state index in [1.165, 1.54) is 0 Å². The molecule has 0 spiro atoms. The molecule has 106 valence electrons. The summed E-state index contributed by atoms with van der Waals surface area (Å²) < 4.78 is 5.75. The fourth-order valence-electron chi connectivity index (χ4n) is 2.12. The molecule has 0 aliphatic carbocycles. The number of aliphatic hydroxyl groups excluding tert-OH is 1. The zero-order chi connectivity index (χ0) is 14.7. The van der Waals surface area contributed by atoms with Gasteiger partial charge in [-0.2, -0.15) is 0 Å². The first-order valence-electron chi connectivity index (χ1n) is 6.69. The van der Waals surface area contributed by atoms with Crippen LogP contribution in [0.3, 0.4) is 0 Å². The van der Waals surface area contributed by atoms with Gasteiger partial charge in [0, 0.05) is 16.1 Å². The van der Waals surface area contributed by atoms with Gasteiger partial charge in [-0.1, -0.05) is 48.0 Å². The highest BCUT2D eigenvalue weighted by Gasteiger charge is 2.19. The molecule has 0 amide bonds. The first-order valence-corrected chi connectivity index (χ1v) is 7.07. The molecule has 0 aliphatic heterocycles. The highest BCUT2D eigenvalue weighted by atomic mass is 35.5. The van der Waals surface area contributed by atoms with E-state index in [4.69, 9.17) is 16.3 Å². The SMILES string of the molecule is Cc1cccc(C(O)c2ccccc2OC(C)C)c1Cl. The molecule has 1 N–H and O–H groups in total. The van der Waals surface area contributed by atoms with Crippen LogP contribution in [0, 0.1) is 6.92 Å². The van der Waals surface area contributed by atoms with Crippen molar-refractivity contribution >= 4 is 11.6 Å². The second-order valence-corrected chi connectivity index (χ2v) is 5.46. The molecule has 0 bridgehead atoms. The maximum Gasteiger partial charge on any atom is 0.125 e. The lowest BCUT2D eigenvalue weighted by Gasteiger charge is -2.19. The summed E-state index contributed by atoms with van der Waals surface area (Å²) in [6, 6.07) is 13.2. The van der Waals surface area contributed by atoms with Crippen molar-refractivity contribution in [3.05, 3.63) is 64.2 Å². The molecule has 0 fully saturated rings. The van der Waals surface area contributed by atoms with Gasteiger partial charge in [0.25, 0.3) is 0 Å². The van der Waals surface area contributed by atoms with E-state index in [1.807, 2.05) is 63.2 Å². The van der Waals surface area contributed by atoms with E-state index >= 15 is 0 Å². The lowest BCUT2D eigenvalue weighted by molar-refractivity contribution is 0.198. The van der Waals surface area contributed by atoms with Gasteiger partial charge >= 0.3 is 0 Å². The normalized spacial score (nSPS) is 12.5. The van der Waals surface area contributed by atoms with E-state index in [9.17, 15) is 5.11 Å². The van der Waals surface area contributed by atoms with Crippen molar-refractivity contribution in [2.45, 2.75) is 33.0 Å². The van der Waals surface area contributed by atoms with Gasteiger partial charge in [0.2, 0.25) is 0 Å². The summed E-state index contributed by atoms with van der Waals surface area (Å²) in [6.07, 6.45) is -0.742. The minimum atomic E-state index is -0.794. The summed E-state index contributed by atoms with van der Waals surface area (Å²) in [5.74, 6) is 0.688. The van der Waals surface area contributed by atoms with Crippen molar-refractivity contribution in [3.63, 3.8) is 0 Å². The summed E-state index contributed by atoms with van der Waals surface area (Å²) in [5.41, 5.74) is 2.38. The first-order chi connectivity index (χ1) is 9.50. The Morgan fingerprint density at radius 3 is 2.35 bits per heavy atom. The molecular formula is C17H19ClO2. The smallest absolute Gasteiger partial charge is 0.125 e. The Bertz CT molecular complexity index is 593. The van der Waals surface area contributed by atoms with Crippen molar-refractivity contribution in [1.82, 2.24) is 0 Å². The minimum absolute atomic E-state index is 0.0522. The summed E-state index contributed by atoms with van der Waals surface area (Å²) in [7, 11) is 0. The molecule has 0 saturated carbocycles. The lowest BCUT2D eigenvalue weighted by atomic mass is 9.99. The number of aryl methyl sites for hydroxylation is 1. The minimum Gasteiger partial charge on any atom is -0.491 e. The number of halogens is 1. The Hall–Kier alpha value is -1.51. The van der Waals surface area contributed by atoms with Gasteiger partial charge in [0.15, 0.2) is 0 Å². The first kappa shape index (κ1) is 14.9. The van der Waals surface area contributed by atoms with Gasteiger partial charge in [-0.05, 0) is 32.4 Å². The summed E-state index contributed by atoms with van der Waals surface area (Å²) >= 11 is 6.30. The zero-order valence-corrected chi connectivity index (χ0v) is 12.7. The van der Waals surface area contributed by atoms with Gasteiger partial charge in [-0.25, -0.2) is 0 Å². The van der Waals surface area contributed by atoms with Crippen LogP contribution in [0.25, 0.3) is 0 Å². The number of hydrogen-bond donors (Lipinski definition) is 1. The number of benzene rings is 2. The third-order valence-electron chi connectivity index (χ3n) is 3.09. The summed E-state index contributed by atoms with van der Waals surface area (Å²) in [4.78, 5) is 0. The summed E-state index contributed by atoms with van der Waals surface area (Å²) in [5, 5.41) is 11.2. The van der Waals surface area contributed by atoms with Crippen molar-refractivity contribution in [2.75, 3.05) is 0 Å². The second kappa shape index (κ2) is 6.29. The quantitative estimate of drug-likeness (QED) is 0.897. The third kappa shape index (κ3) is 3.14. The van der Waals surface area contributed by atoms with Crippen LogP contribution in [0.1, 0.15) is 36.6 Å². The molecule has 3 heteroatoms. The molecule has 0 radical (unpaired) electrons. The van der Waals surface area contributed by atoms with Crippen LogP contribution in [0.15, 0.2) is 42.5 Å². The van der Waals surface area contributed by atoms with Gasteiger partial charge in [-0.15, -0.1) is 0 Å². The average Bonchev–Trinajstić information content (AvgIpc) is 2.41. The van der Waals surface area contributed by atoms with Crippen molar-refractivity contribution in [2.24, 2.45) is 0 Å². The lowest BCUT2D eigenvalue weighted by Crippen LogP contribution is -2.10. The number of hydrogen-bond acceptors (Lipinski definition) is 2.